The standard InChI is InChI=1S/C24H20BrN3O4/c1-24(16-5-8-18(9-6-16)28(29)30)27-22(20-13-17(25)7-12-23(20)32-24)14-21(26-27)15-3-10-19(31-2)11-4-15/h3-13,22H,14H2,1-2H3/t22-,24-/m1/s1. The first-order valence-corrected chi connectivity index (χ1v) is 10.9. The molecule has 0 spiro atoms. The monoisotopic (exact) mass is 493 g/mol. The molecular weight excluding hydrogens is 474 g/mol. The van der Waals surface area contributed by atoms with Gasteiger partial charge in [0.15, 0.2) is 0 Å². The molecule has 32 heavy (non-hydrogen) atoms. The minimum Gasteiger partial charge on any atom is -0.497 e. The van der Waals surface area contributed by atoms with Crippen molar-refractivity contribution in [3.8, 4) is 11.5 Å². The van der Waals surface area contributed by atoms with E-state index in [0.717, 1.165) is 38.4 Å². The molecule has 3 aromatic rings. The minimum atomic E-state index is -0.922. The number of halogens is 1. The summed E-state index contributed by atoms with van der Waals surface area (Å²) in [6.07, 6.45) is 0.710. The van der Waals surface area contributed by atoms with Crippen molar-refractivity contribution in [2.24, 2.45) is 5.10 Å². The molecular formula is C24H20BrN3O4. The number of non-ortho nitro benzene ring substituents is 1. The SMILES string of the molecule is COc1ccc(C2=NN3[C@H](C2)c2cc(Br)ccc2O[C@]3(C)c2ccc([N+](=O)[O-])cc2)cc1. The Morgan fingerprint density at radius 2 is 1.88 bits per heavy atom. The smallest absolute Gasteiger partial charge is 0.269 e. The maximum absolute atomic E-state index is 11.1. The zero-order valence-electron chi connectivity index (χ0n) is 17.5. The molecule has 2 aliphatic heterocycles. The molecule has 0 bridgehead atoms. The molecule has 0 aliphatic carbocycles. The van der Waals surface area contributed by atoms with Crippen molar-refractivity contribution in [3.05, 3.63) is 98.0 Å². The van der Waals surface area contributed by atoms with Gasteiger partial charge in [-0.05, 0) is 60.2 Å². The number of hydrazone groups is 1. The third kappa shape index (κ3) is 3.31. The van der Waals surface area contributed by atoms with Gasteiger partial charge < -0.3 is 9.47 Å². The molecule has 0 aromatic heterocycles. The van der Waals surface area contributed by atoms with Gasteiger partial charge in [0, 0.05) is 41.1 Å². The number of nitrogens with zero attached hydrogens (tertiary/aromatic N) is 3. The number of benzene rings is 3. The fraction of sp³-hybridized carbons (Fsp3) is 0.208. The van der Waals surface area contributed by atoms with E-state index < -0.39 is 10.6 Å². The highest BCUT2D eigenvalue weighted by Gasteiger charge is 2.49. The second-order valence-electron chi connectivity index (χ2n) is 7.91. The Morgan fingerprint density at radius 1 is 1.16 bits per heavy atom. The van der Waals surface area contributed by atoms with Crippen molar-refractivity contribution in [3.63, 3.8) is 0 Å². The maximum Gasteiger partial charge on any atom is 0.269 e. The topological polar surface area (TPSA) is 77.2 Å². The van der Waals surface area contributed by atoms with E-state index >= 15 is 0 Å². The number of hydrogen-bond donors (Lipinski definition) is 0. The summed E-state index contributed by atoms with van der Waals surface area (Å²) < 4.78 is 12.8. The number of ether oxygens (including phenoxy) is 2. The van der Waals surface area contributed by atoms with Crippen molar-refractivity contribution < 1.29 is 14.4 Å². The minimum absolute atomic E-state index is 0.0338. The molecule has 7 nitrogen and oxygen atoms in total. The Kier molecular flexibility index (Phi) is 4.89. The van der Waals surface area contributed by atoms with E-state index in [1.807, 2.05) is 48.3 Å². The van der Waals surface area contributed by atoms with Crippen LogP contribution in [0.3, 0.4) is 0 Å². The van der Waals surface area contributed by atoms with Crippen LogP contribution in [0.1, 0.15) is 36.1 Å². The molecule has 0 unspecified atom stereocenters. The summed E-state index contributed by atoms with van der Waals surface area (Å²) in [6, 6.07) is 20.3. The van der Waals surface area contributed by atoms with Gasteiger partial charge in [-0.25, -0.2) is 5.01 Å². The van der Waals surface area contributed by atoms with Gasteiger partial charge >= 0.3 is 0 Å². The first-order valence-electron chi connectivity index (χ1n) is 10.1. The lowest BCUT2D eigenvalue weighted by molar-refractivity contribution is -0.384. The van der Waals surface area contributed by atoms with Gasteiger partial charge in [0.2, 0.25) is 5.72 Å². The molecule has 0 saturated heterocycles. The number of nitro groups is 1. The average molecular weight is 494 g/mol. The van der Waals surface area contributed by atoms with E-state index in [-0.39, 0.29) is 11.7 Å². The third-order valence-electron chi connectivity index (χ3n) is 6.02. The molecule has 0 amide bonds. The normalized spacial score (nSPS) is 21.3. The Bertz CT molecular complexity index is 1230. The van der Waals surface area contributed by atoms with Gasteiger partial charge in [0.1, 0.15) is 11.5 Å². The molecule has 0 N–H and O–H groups in total. The van der Waals surface area contributed by atoms with Crippen LogP contribution in [0.25, 0.3) is 0 Å². The average Bonchev–Trinajstić information content (AvgIpc) is 3.27. The lowest BCUT2D eigenvalue weighted by atomic mass is 9.92. The summed E-state index contributed by atoms with van der Waals surface area (Å²) >= 11 is 3.57. The van der Waals surface area contributed by atoms with Crippen molar-refractivity contribution in [2.75, 3.05) is 7.11 Å². The lowest BCUT2D eigenvalue weighted by Crippen LogP contribution is -2.48. The summed E-state index contributed by atoms with van der Waals surface area (Å²) in [7, 11) is 1.64. The number of nitro benzene ring substituents is 1. The van der Waals surface area contributed by atoms with Crippen LogP contribution in [-0.4, -0.2) is 22.8 Å². The second-order valence-corrected chi connectivity index (χ2v) is 8.83. The molecule has 0 saturated carbocycles. The van der Waals surface area contributed by atoms with E-state index in [1.165, 1.54) is 12.1 Å². The zero-order valence-corrected chi connectivity index (χ0v) is 19.1. The van der Waals surface area contributed by atoms with Gasteiger partial charge in [-0.15, -0.1) is 0 Å². The molecule has 0 radical (unpaired) electrons. The van der Waals surface area contributed by atoms with Crippen LogP contribution >= 0.6 is 15.9 Å². The van der Waals surface area contributed by atoms with E-state index in [0.29, 0.717) is 6.42 Å². The molecule has 8 heteroatoms. The molecule has 0 fully saturated rings. The van der Waals surface area contributed by atoms with Crippen LogP contribution in [0, 0.1) is 10.1 Å². The molecule has 3 aromatic carbocycles. The molecule has 5 rings (SSSR count). The highest BCUT2D eigenvalue weighted by molar-refractivity contribution is 9.10. The fourth-order valence-corrected chi connectivity index (χ4v) is 4.70. The number of rotatable bonds is 4. The summed E-state index contributed by atoms with van der Waals surface area (Å²) in [4.78, 5) is 10.7. The molecule has 2 heterocycles. The number of hydrogen-bond acceptors (Lipinski definition) is 6. The van der Waals surface area contributed by atoms with E-state index in [4.69, 9.17) is 14.6 Å². The van der Waals surface area contributed by atoms with E-state index in [2.05, 4.69) is 22.0 Å². The summed E-state index contributed by atoms with van der Waals surface area (Å²) in [5.41, 5.74) is 2.92. The van der Waals surface area contributed by atoms with Crippen molar-refractivity contribution in [1.82, 2.24) is 5.01 Å². The van der Waals surface area contributed by atoms with Gasteiger partial charge in [-0.3, -0.25) is 10.1 Å². The largest absolute Gasteiger partial charge is 0.497 e. The van der Waals surface area contributed by atoms with E-state index in [9.17, 15) is 10.1 Å². The van der Waals surface area contributed by atoms with Gasteiger partial charge in [-0.1, -0.05) is 15.9 Å². The second kappa shape index (κ2) is 7.63. The molecule has 2 atom stereocenters. The predicted octanol–water partition coefficient (Wildman–Crippen LogP) is 5.78. The van der Waals surface area contributed by atoms with Crippen LogP contribution in [0.5, 0.6) is 11.5 Å². The van der Waals surface area contributed by atoms with Crippen LogP contribution in [-0.2, 0) is 5.72 Å². The highest BCUT2D eigenvalue weighted by Crippen LogP contribution is 2.51. The van der Waals surface area contributed by atoms with Crippen LogP contribution in [0.2, 0.25) is 0 Å². The van der Waals surface area contributed by atoms with Gasteiger partial charge in [0.25, 0.3) is 5.69 Å². The quantitative estimate of drug-likeness (QED) is 0.339. The van der Waals surface area contributed by atoms with Crippen LogP contribution < -0.4 is 9.47 Å². The van der Waals surface area contributed by atoms with Crippen LogP contribution in [0.4, 0.5) is 5.69 Å². The zero-order chi connectivity index (χ0) is 22.5. The fourth-order valence-electron chi connectivity index (χ4n) is 4.32. The first-order chi connectivity index (χ1) is 15.4. The van der Waals surface area contributed by atoms with Gasteiger partial charge in [-0.2, -0.15) is 5.10 Å². The maximum atomic E-state index is 11.1. The summed E-state index contributed by atoms with van der Waals surface area (Å²) in [6.45, 7) is 1.95. The number of fused-ring (bicyclic) bond motifs is 3. The van der Waals surface area contributed by atoms with Crippen molar-refractivity contribution in [2.45, 2.75) is 25.1 Å². The van der Waals surface area contributed by atoms with Gasteiger partial charge in [0.05, 0.1) is 23.8 Å². The molecule has 2 aliphatic rings. The first kappa shape index (κ1) is 20.5. The van der Waals surface area contributed by atoms with Crippen LogP contribution in [0.15, 0.2) is 76.3 Å². The Balaban J connectivity index is 1.61. The van der Waals surface area contributed by atoms with Crippen molar-refractivity contribution >= 4 is 27.3 Å². The predicted molar refractivity (Wildman–Crippen MR) is 124 cm³/mol. The number of methoxy groups -OCH3 is 1. The Labute approximate surface area is 193 Å². The summed E-state index contributed by atoms with van der Waals surface area (Å²) in [5, 5.41) is 18.1. The van der Waals surface area contributed by atoms with E-state index in [1.54, 1.807) is 19.2 Å². The Morgan fingerprint density at radius 3 is 2.53 bits per heavy atom. The summed E-state index contributed by atoms with van der Waals surface area (Å²) in [5.74, 6) is 1.57. The molecule has 162 valence electrons. The lowest BCUT2D eigenvalue weighted by Gasteiger charge is -2.46. The highest BCUT2D eigenvalue weighted by atomic mass is 79.9. The van der Waals surface area contributed by atoms with Crippen molar-refractivity contribution in [1.29, 1.82) is 0 Å². The Hall–Kier alpha value is -3.39. The third-order valence-corrected chi connectivity index (χ3v) is 6.52.